The van der Waals surface area contributed by atoms with E-state index in [-0.39, 0.29) is 10.8 Å². The number of aryl methyl sites for hydroxylation is 1. The summed E-state index contributed by atoms with van der Waals surface area (Å²) in [6.07, 6.45) is 0. The summed E-state index contributed by atoms with van der Waals surface area (Å²) in [6.45, 7) is 8.78. The first-order valence-electron chi connectivity index (χ1n) is 6.29. The van der Waals surface area contributed by atoms with Crippen LogP contribution in [0.25, 0.3) is 0 Å². The first-order valence-corrected chi connectivity index (χ1v) is 8.33. The van der Waals surface area contributed by atoms with E-state index in [2.05, 4.69) is 74.0 Å². The first-order chi connectivity index (χ1) is 8.77. The van der Waals surface area contributed by atoms with Gasteiger partial charge in [-0.25, -0.2) is 0 Å². The van der Waals surface area contributed by atoms with Gasteiger partial charge in [0.1, 0.15) is 0 Å². The minimum atomic E-state index is -0.0719. The van der Waals surface area contributed by atoms with Gasteiger partial charge in [0.15, 0.2) is 0 Å². The van der Waals surface area contributed by atoms with E-state index in [1.807, 2.05) is 11.3 Å². The Bertz CT molecular complexity index is 560. The molecule has 0 aliphatic carbocycles. The molecule has 2 aromatic rings. The largest absolute Gasteiger partial charge is 0.143 e. The Balaban J connectivity index is 2.33. The number of halogens is 2. The van der Waals surface area contributed by atoms with Crippen molar-refractivity contribution < 1.29 is 0 Å². The zero-order valence-corrected chi connectivity index (χ0v) is 14.8. The van der Waals surface area contributed by atoms with Gasteiger partial charge in [0.2, 0.25) is 0 Å². The summed E-state index contributed by atoms with van der Waals surface area (Å²) < 4.78 is 1.08. The summed E-state index contributed by atoms with van der Waals surface area (Å²) in [5, 5.41) is -0.0719. The Kier molecular flexibility index (Phi) is 4.44. The Hall–Kier alpha value is -0.310. The van der Waals surface area contributed by atoms with Gasteiger partial charge in [-0.1, -0.05) is 42.8 Å². The fourth-order valence-corrected chi connectivity index (χ4v) is 4.00. The van der Waals surface area contributed by atoms with Gasteiger partial charge in [-0.15, -0.1) is 22.9 Å². The van der Waals surface area contributed by atoms with Crippen LogP contribution in [0.2, 0.25) is 0 Å². The van der Waals surface area contributed by atoms with Crippen LogP contribution in [0.5, 0.6) is 0 Å². The molecule has 1 unspecified atom stereocenters. The molecule has 2 rings (SSSR count). The molecule has 1 heterocycles. The molecule has 0 aliphatic rings. The summed E-state index contributed by atoms with van der Waals surface area (Å²) in [5.41, 5.74) is 2.56. The van der Waals surface area contributed by atoms with E-state index in [9.17, 15) is 0 Å². The predicted octanol–water partition coefficient (Wildman–Crippen LogP) is 6.44. The molecule has 0 spiro atoms. The zero-order valence-electron chi connectivity index (χ0n) is 11.6. The molecule has 0 bridgehead atoms. The highest BCUT2D eigenvalue weighted by atomic mass is 79.9. The van der Waals surface area contributed by atoms with E-state index in [1.54, 1.807) is 0 Å². The molecule has 0 nitrogen and oxygen atoms in total. The molecule has 0 N–H and O–H groups in total. The lowest BCUT2D eigenvalue weighted by molar-refractivity contribution is 0.604. The molecule has 0 fully saturated rings. The number of alkyl halides is 1. The third-order valence-corrected chi connectivity index (χ3v) is 5.62. The minimum Gasteiger partial charge on any atom is -0.143 e. The molecule has 0 aliphatic heterocycles. The Morgan fingerprint density at radius 3 is 2.37 bits per heavy atom. The van der Waals surface area contributed by atoms with Crippen LogP contribution >= 0.6 is 38.9 Å². The van der Waals surface area contributed by atoms with Crippen molar-refractivity contribution in [2.45, 2.75) is 38.5 Å². The predicted molar refractivity (Wildman–Crippen MR) is 89.6 cm³/mol. The molecule has 0 amide bonds. The fraction of sp³-hybridized carbons (Fsp3) is 0.375. The summed E-state index contributed by atoms with van der Waals surface area (Å²) >= 11 is 12.0. The van der Waals surface area contributed by atoms with Gasteiger partial charge in [-0.05, 0) is 47.7 Å². The van der Waals surface area contributed by atoms with Crippen LogP contribution in [0, 0.1) is 6.92 Å². The van der Waals surface area contributed by atoms with Crippen molar-refractivity contribution in [1.82, 2.24) is 0 Å². The first kappa shape index (κ1) is 15.1. The average Bonchev–Trinajstić information content (AvgIpc) is 2.75. The van der Waals surface area contributed by atoms with E-state index in [0.717, 1.165) is 10.0 Å². The van der Waals surface area contributed by atoms with Crippen LogP contribution in [0.1, 0.15) is 47.0 Å². The Labute approximate surface area is 132 Å². The lowest BCUT2D eigenvalue weighted by atomic mass is 9.95. The average molecular weight is 358 g/mol. The van der Waals surface area contributed by atoms with Crippen LogP contribution < -0.4 is 0 Å². The second kappa shape index (κ2) is 5.59. The van der Waals surface area contributed by atoms with Gasteiger partial charge < -0.3 is 0 Å². The van der Waals surface area contributed by atoms with Gasteiger partial charge in [-0.2, -0.15) is 0 Å². The zero-order chi connectivity index (χ0) is 14.2. The summed E-state index contributed by atoms with van der Waals surface area (Å²) in [7, 11) is 0. The monoisotopic (exact) mass is 356 g/mol. The van der Waals surface area contributed by atoms with E-state index < -0.39 is 0 Å². The van der Waals surface area contributed by atoms with Crippen molar-refractivity contribution in [3.63, 3.8) is 0 Å². The maximum absolute atomic E-state index is 6.63. The Morgan fingerprint density at radius 1 is 1.16 bits per heavy atom. The summed E-state index contributed by atoms with van der Waals surface area (Å²) in [6, 6.07) is 10.7. The van der Waals surface area contributed by atoms with E-state index >= 15 is 0 Å². The van der Waals surface area contributed by atoms with E-state index in [1.165, 1.54) is 15.3 Å². The van der Waals surface area contributed by atoms with E-state index in [4.69, 9.17) is 11.6 Å². The molecule has 1 atom stereocenters. The van der Waals surface area contributed by atoms with Crippen LogP contribution in [-0.2, 0) is 5.41 Å². The quantitative estimate of drug-likeness (QED) is 0.542. The highest BCUT2D eigenvalue weighted by molar-refractivity contribution is 9.10. The minimum absolute atomic E-state index is 0.0719. The summed E-state index contributed by atoms with van der Waals surface area (Å²) in [4.78, 5) is 2.59. The summed E-state index contributed by atoms with van der Waals surface area (Å²) in [5.74, 6) is 0. The molecule has 3 heteroatoms. The van der Waals surface area contributed by atoms with Crippen molar-refractivity contribution in [3.8, 4) is 0 Å². The van der Waals surface area contributed by atoms with Crippen LogP contribution in [-0.4, -0.2) is 0 Å². The standard InChI is InChI=1S/C16H18BrClS/c1-10-7-11(9-12(17)8-10)15(18)13-5-6-14(19-13)16(2,3)4/h5-9,15H,1-4H3. The molecule has 0 saturated heterocycles. The SMILES string of the molecule is Cc1cc(Br)cc(C(Cl)c2ccc(C(C)(C)C)s2)c1. The van der Waals surface area contributed by atoms with Crippen LogP contribution in [0.3, 0.4) is 0 Å². The number of hydrogen-bond donors (Lipinski definition) is 0. The molecule has 1 aromatic carbocycles. The smallest absolute Gasteiger partial charge is 0.0928 e. The normalized spacial score (nSPS) is 13.6. The topological polar surface area (TPSA) is 0 Å². The molecule has 1 aromatic heterocycles. The second-order valence-electron chi connectivity index (χ2n) is 5.88. The molecule has 0 radical (unpaired) electrons. The van der Waals surface area contributed by atoms with Crippen LogP contribution in [0.15, 0.2) is 34.8 Å². The van der Waals surface area contributed by atoms with Gasteiger partial charge in [0.05, 0.1) is 5.38 Å². The maximum atomic E-state index is 6.63. The second-order valence-corrected chi connectivity index (χ2v) is 8.34. The molecular weight excluding hydrogens is 340 g/mol. The van der Waals surface area contributed by atoms with Crippen molar-refractivity contribution in [2.75, 3.05) is 0 Å². The van der Waals surface area contributed by atoms with Gasteiger partial charge in [-0.3, -0.25) is 0 Å². The molecule has 0 saturated carbocycles. The maximum Gasteiger partial charge on any atom is 0.0928 e. The third-order valence-electron chi connectivity index (χ3n) is 2.97. The highest BCUT2D eigenvalue weighted by Crippen LogP contribution is 2.38. The van der Waals surface area contributed by atoms with Crippen LogP contribution in [0.4, 0.5) is 0 Å². The lowest BCUT2D eigenvalue weighted by Gasteiger charge is -2.15. The van der Waals surface area contributed by atoms with Gasteiger partial charge in [0, 0.05) is 14.2 Å². The van der Waals surface area contributed by atoms with Gasteiger partial charge in [0.25, 0.3) is 0 Å². The lowest BCUT2D eigenvalue weighted by Crippen LogP contribution is -2.07. The number of benzene rings is 1. The third kappa shape index (κ3) is 3.62. The van der Waals surface area contributed by atoms with Crippen molar-refractivity contribution >= 4 is 38.9 Å². The number of hydrogen-bond acceptors (Lipinski definition) is 1. The molecule has 19 heavy (non-hydrogen) atoms. The van der Waals surface area contributed by atoms with Crippen molar-refractivity contribution in [1.29, 1.82) is 0 Å². The highest BCUT2D eigenvalue weighted by Gasteiger charge is 2.20. The fourth-order valence-electron chi connectivity index (χ4n) is 1.97. The number of rotatable bonds is 2. The van der Waals surface area contributed by atoms with E-state index in [0.29, 0.717) is 0 Å². The Morgan fingerprint density at radius 2 is 1.84 bits per heavy atom. The van der Waals surface area contributed by atoms with Crippen molar-refractivity contribution in [2.24, 2.45) is 0 Å². The van der Waals surface area contributed by atoms with Gasteiger partial charge >= 0.3 is 0 Å². The molecular formula is C16H18BrClS. The molecule has 102 valence electrons. The number of thiophene rings is 1. The van der Waals surface area contributed by atoms with Crippen molar-refractivity contribution in [3.05, 3.63) is 55.7 Å².